The summed E-state index contributed by atoms with van der Waals surface area (Å²) >= 11 is 0. The lowest BCUT2D eigenvalue weighted by Gasteiger charge is -2.15. The molecule has 6 nitrogen and oxygen atoms in total. The van der Waals surface area contributed by atoms with E-state index in [1.807, 2.05) is 0 Å². The van der Waals surface area contributed by atoms with Crippen molar-refractivity contribution < 1.29 is 14.2 Å². The van der Waals surface area contributed by atoms with Crippen LogP contribution in [0.15, 0.2) is 15.0 Å². The summed E-state index contributed by atoms with van der Waals surface area (Å²) < 4.78 is 16.5. The lowest BCUT2D eigenvalue weighted by Crippen LogP contribution is -2.27. The molecule has 0 spiro atoms. The Morgan fingerprint density at radius 1 is 0.824 bits per heavy atom. The van der Waals surface area contributed by atoms with Gasteiger partial charge in [-0.2, -0.15) is 0 Å². The van der Waals surface area contributed by atoms with Gasteiger partial charge in [0.1, 0.15) is 25.7 Å². The molecule has 92 valence electrons. The van der Waals surface area contributed by atoms with Crippen LogP contribution in [0.2, 0.25) is 0 Å². The van der Waals surface area contributed by atoms with Gasteiger partial charge < -0.3 is 14.2 Å². The quantitative estimate of drug-likeness (QED) is 0.705. The highest BCUT2D eigenvalue weighted by Gasteiger charge is 2.32. The Hall–Kier alpha value is -1.59. The molecule has 3 aliphatic heterocycles. The largest absolute Gasteiger partial charge is 0.479 e. The molecule has 6 heteroatoms. The molecule has 0 aromatic heterocycles. The molecule has 0 amide bonds. The van der Waals surface area contributed by atoms with E-state index in [0.717, 1.165) is 12.4 Å². The van der Waals surface area contributed by atoms with E-state index in [1.165, 1.54) is 0 Å². The molecule has 17 heavy (non-hydrogen) atoms. The molecule has 0 atom stereocenters. The van der Waals surface area contributed by atoms with Crippen LogP contribution < -0.4 is 0 Å². The molecule has 3 aliphatic rings. The zero-order valence-electron chi connectivity index (χ0n) is 9.59. The maximum Gasteiger partial charge on any atom is 0.196 e. The molecule has 0 saturated carbocycles. The van der Waals surface area contributed by atoms with Crippen LogP contribution in [0.4, 0.5) is 0 Å². The summed E-state index contributed by atoms with van der Waals surface area (Å²) in [5, 5.41) is 0. The minimum Gasteiger partial charge on any atom is -0.479 e. The van der Waals surface area contributed by atoms with Crippen LogP contribution in [0, 0.1) is 5.92 Å². The van der Waals surface area contributed by atoms with E-state index >= 15 is 0 Å². The van der Waals surface area contributed by atoms with Crippen molar-refractivity contribution >= 4 is 17.7 Å². The van der Waals surface area contributed by atoms with Gasteiger partial charge in [0, 0.05) is 6.42 Å². The number of hydrogen-bond donors (Lipinski definition) is 0. The second-order valence-corrected chi connectivity index (χ2v) is 4.02. The highest BCUT2D eigenvalue weighted by Crippen LogP contribution is 2.19. The highest BCUT2D eigenvalue weighted by molar-refractivity contribution is 6.04. The predicted molar refractivity (Wildman–Crippen MR) is 62.9 cm³/mol. The lowest BCUT2D eigenvalue weighted by atomic mass is 10.1. The molecule has 3 heterocycles. The van der Waals surface area contributed by atoms with E-state index < -0.39 is 0 Å². The fourth-order valence-electron chi connectivity index (χ4n) is 2.08. The molecule has 0 aromatic rings. The maximum absolute atomic E-state index is 5.52. The first-order chi connectivity index (χ1) is 8.43. The monoisotopic (exact) mass is 237 g/mol. The standard InChI is InChI=1S/C11H15N3O3/c1-4-15-9(12-1)7-8(10-13-2-5-16-10)11-14-3-6-17-11/h8H,1-7H2. The van der Waals surface area contributed by atoms with Gasteiger partial charge >= 0.3 is 0 Å². The first-order valence-electron chi connectivity index (χ1n) is 5.94. The van der Waals surface area contributed by atoms with Crippen molar-refractivity contribution in [3.8, 4) is 0 Å². The number of rotatable bonds is 4. The molecule has 0 unspecified atom stereocenters. The molecular formula is C11H15N3O3. The fourth-order valence-corrected chi connectivity index (χ4v) is 2.08. The Bertz CT molecular complexity index is 365. The number of nitrogens with zero attached hydrogens (tertiary/aromatic N) is 3. The summed E-state index contributed by atoms with van der Waals surface area (Å²) in [7, 11) is 0. The normalized spacial score (nSPS) is 22.8. The summed E-state index contributed by atoms with van der Waals surface area (Å²) in [6.45, 7) is 4.13. The SMILES string of the molecule is C1COC(CC(C2=NCCO2)C2=NCCO2)=N1. The van der Waals surface area contributed by atoms with E-state index in [0.29, 0.717) is 51.1 Å². The number of aliphatic imine (C=N–C) groups is 3. The zero-order valence-corrected chi connectivity index (χ0v) is 9.59. The number of ether oxygens (including phenoxy) is 3. The minimum absolute atomic E-state index is 0.0585. The van der Waals surface area contributed by atoms with Gasteiger partial charge in [0.05, 0.1) is 19.6 Å². The summed E-state index contributed by atoms with van der Waals surface area (Å²) in [5.74, 6) is 2.12. The Labute approximate surface area is 99.4 Å². The second kappa shape index (κ2) is 4.73. The van der Waals surface area contributed by atoms with Crippen molar-refractivity contribution in [3.05, 3.63) is 0 Å². The average Bonchev–Trinajstić information content (AvgIpc) is 3.09. The predicted octanol–water partition coefficient (Wildman–Crippen LogP) is 0.279. The maximum atomic E-state index is 5.52. The summed E-state index contributed by atoms with van der Waals surface area (Å²) in [6, 6.07) is 0. The molecule has 0 saturated heterocycles. The van der Waals surface area contributed by atoms with Crippen molar-refractivity contribution in [2.75, 3.05) is 39.5 Å². The van der Waals surface area contributed by atoms with Crippen molar-refractivity contribution in [1.29, 1.82) is 0 Å². The van der Waals surface area contributed by atoms with Gasteiger partial charge in [-0.15, -0.1) is 0 Å². The molecule has 0 N–H and O–H groups in total. The Morgan fingerprint density at radius 3 is 1.88 bits per heavy atom. The highest BCUT2D eigenvalue weighted by atomic mass is 16.5. The summed E-state index contributed by atoms with van der Waals surface area (Å²) in [6.07, 6.45) is 0.637. The molecule has 0 fully saturated rings. The van der Waals surface area contributed by atoms with Crippen LogP contribution in [0.5, 0.6) is 0 Å². The molecule has 3 rings (SSSR count). The van der Waals surface area contributed by atoms with E-state index in [4.69, 9.17) is 14.2 Å². The fraction of sp³-hybridized carbons (Fsp3) is 0.727. The van der Waals surface area contributed by atoms with Crippen molar-refractivity contribution in [2.24, 2.45) is 20.9 Å². The second-order valence-electron chi connectivity index (χ2n) is 4.02. The minimum atomic E-state index is -0.0585. The van der Waals surface area contributed by atoms with Crippen LogP contribution in [0.25, 0.3) is 0 Å². The molecule has 0 radical (unpaired) electrons. The smallest absolute Gasteiger partial charge is 0.196 e. The Morgan fingerprint density at radius 2 is 1.41 bits per heavy atom. The van der Waals surface area contributed by atoms with E-state index in [-0.39, 0.29) is 5.92 Å². The van der Waals surface area contributed by atoms with Gasteiger partial charge in [-0.1, -0.05) is 0 Å². The van der Waals surface area contributed by atoms with E-state index in [2.05, 4.69) is 15.0 Å². The van der Waals surface area contributed by atoms with Crippen LogP contribution in [0.3, 0.4) is 0 Å². The topological polar surface area (TPSA) is 64.8 Å². The van der Waals surface area contributed by atoms with Crippen molar-refractivity contribution in [3.63, 3.8) is 0 Å². The molecule has 0 bridgehead atoms. The van der Waals surface area contributed by atoms with E-state index in [1.54, 1.807) is 0 Å². The first-order valence-corrected chi connectivity index (χ1v) is 5.94. The molecule has 0 aromatic carbocycles. The summed E-state index contributed by atoms with van der Waals surface area (Å²) in [5.41, 5.74) is 0. The van der Waals surface area contributed by atoms with Gasteiger partial charge in [-0.25, -0.2) is 0 Å². The number of hydrogen-bond acceptors (Lipinski definition) is 6. The van der Waals surface area contributed by atoms with Crippen molar-refractivity contribution in [2.45, 2.75) is 6.42 Å². The van der Waals surface area contributed by atoms with Gasteiger partial charge in [0.15, 0.2) is 17.7 Å². The zero-order chi connectivity index (χ0) is 11.5. The van der Waals surface area contributed by atoms with Crippen LogP contribution in [0.1, 0.15) is 6.42 Å². The van der Waals surface area contributed by atoms with Gasteiger partial charge in [0.25, 0.3) is 0 Å². The van der Waals surface area contributed by atoms with Gasteiger partial charge in [-0.05, 0) is 0 Å². The van der Waals surface area contributed by atoms with Gasteiger partial charge in [0.2, 0.25) is 0 Å². The third-order valence-corrected chi connectivity index (χ3v) is 2.84. The van der Waals surface area contributed by atoms with Crippen molar-refractivity contribution in [1.82, 2.24) is 0 Å². The third kappa shape index (κ3) is 2.25. The molecule has 0 aliphatic carbocycles. The van der Waals surface area contributed by atoms with E-state index in [9.17, 15) is 0 Å². The summed E-state index contributed by atoms with van der Waals surface area (Å²) in [4.78, 5) is 13.0. The average molecular weight is 237 g/mol. The Balaban J connectivity index is 1.75. The van der Waals surface area contributed by atoms with Crippen LogP contribution >= 0.6 is 0 Å². The van der Waals surface area contributed by atoms with Crippen LogP contribution in [-0.2, 0) is 14.2 Å². The van der Waals surface area contributed by atoms with Crippen LogP contribution in [-0.4, -0.2) is 57.1 Å². The lowest BCUT2D eigenvalue weighted by molar-refractivity contribution is 0.298. The first kappa shape index (κ1) is 10.6. The third-order valence-electron chi connectivity index (χ3n) is 2.84. The van der Waals surface area contributed by atoms with Gasteiger partial charge in [-0.3, -0.25) is 15.0 Å². The molecular weight excluding hydrogens is 222 g/mol. The Kier molecular flexibility index (Phi) is 2.94.